The minimum absolute atomic E-state index is 0.0813. The van der Waals surface area contributed by atoms with Crippen molar-refractivity contribution in [2.45, 2.75) is 58.5 Å². The van der Waals surface area contributed by atoms with Crippen LogP contribution in [0, 0.1) is 22.7 Å². The SMILES string of the molecule is CC(C)(CCC#N)CNCC1CCCC(O)C1. The molecule has 0 amide bonds. The molecule has 3 heteroatoms. The second-order valence-corrected chi connectivity index (χ2v) is 6.14. The van der Waals surface area contributed by atoms with E-state index in [9.17, 15) is 5.11 Å². The highest BCUT2D eigenvalue weighted by Gasteiger charge is 2.21. The second-order valence-electron chi connectivity index (χ2n) is 6.14. The number of nitriles is 1. The third-order valence-electron chi connectivity index (χ3n) is 3.71. The van der Waals surface area contributed by atoms with Crippen molar-refractivity contribution in [1.82, 2.24) is 5.32 Å². The van der Waals surface area contributed by atoms with Crippen molar-refractivity contribution < 1.29 is 5.11 Å². The molecule has 0 aromatic carbocycles. The first-order valence-corrected chi connectivity index (χ1v) is 6.79. The normalized spacial score (nSPS) is 25.5. The van der Waals surface area contributed by atoms with Crippen LogP contribution in [-0.4, -0.2) is 24.3 Å². The van der Waals surface area contributed by atoms with Crippen molar-refractivity contribution in [2.75, 3.05) is 13.1 Å². The minimum Gasteiger partial charge on any atom is -0.393 e. The molecule has 0 spiro atoms. The molecule has 98 valence electrons. The van der Waals surface area contributed by atoms with Crippen LogP contribution in [0.4, 0.5) is 0 Å². The smallest absolute Gasteiger partial charge is 0.0621 e. The summed E-state index contributed by atoms with van der Waals surface area (Å²) in [6.07, 6.45) is 5.83. The van der Waals surface area contributed by atoms with Crippen molar-refractivity contribution >= 4 is 0 Å². The van der Waals surface area contributed by atoms with E-state index < -0.39 is 0 Å². The maximum absolute atomic E-state index is 9.59. The fourth-order valence-electron chi connectivity index (χ4n) is 2.55. The molecule has 0 heterocycles. The number of aliphatic hydroxyl groups is 1. The van der Waals surface area contributed by atoms with Gasteiger partial charge in [-0.15, -0.1) is 0 Å². The summed E-state index contributed by atoms with van der Waals surface area (Å²) in [5, 5.41) is 21.7. The van der Waals surface area contributed by atoms with Crippen molar-refractivity contribution in [1.29, 1.82) is 5.26 Å². The summed E-state index contributed by atoms with van der Waals surface area (Å²) in [6, 6.07) is 2.21. The first kappa shape index (κ1) is 14.5. The summed E-state index contributed by atoms with van der Waals surface area (Å²) >= 11 is 0. The van der Waals surface area contributed by atoms with Crippen molar-refractivity contribution in [3.63, 3.8) is 0 Å². The van der Waals surface area contributed by atoms with Crippen LogP contribution in [0.25, 0.3) is 0 Å². The summed E-state index contributed by atoms with van der Waals surface area (Å²) in [5.74, 6) is 0.630. The van der Waals surface area contributed by atoms with E-state index in [4.69, 9.17) is 5.26 Å². The first-order valence-electron chi connectivity index (χ1n) is 6.79. The number of rotatable bonds is 6. The van der Waals surface area contributed by atoms with Gasteiger partial charge in [0.25, 0.3) is 0 Å². The van der Waals surface area contributed by atoms with Crippen LogP contribution in [0.3, 0.4) is 0 Å². The monoisotopic (exact) mass is 238 g/mol. The molecule has 0 radical (unpaired) electrons. The van der Waals surface area contributed by atoms with Crippen molar-refractivity contribution in [3.8, 4) is 6.07 Å². The van der Waals surface area contributed by atoms with Gasteiger partial charge in [0, 0.05) is 13.0 Å². The van der Waals surface area contributed by atoms with Crippen LogP contribution in [0.5, 0.6) is 0 Å². The van der Waals surface area contributed by atoms with Crippen LogP contribution >= 0.6 is 0 Å². The molecule has 2 atom stereocenters. The maximum Gasteiger partial charge on any atom is 0.0621 e. The quantitative estimate of drug-likeness (QED) is 0.747. The lowest BCUT2D eigenvalue weighted by Gasteiger charge is -2.29. The highest BCUT2D eigenvalue weighted by molar-refractivity contribution is 4.80. The van der Waals surface area contributed by atoms with Gasteiger partial charge in [0.05, 0.1) is 12.2 Å². The molecule has 2 unspecified atom stereocenters. The number of nitrogens with one attached hydrogen (secondary N) is 1. The highest BCUT2D eigenvalue weighted by atomic mass is 16.3. The molecule has 0 aliphatic heterocycles. The average Bonchev–Trinajstić information content (AvgIpc) is 2.26. The molecule has 0 aromatic rings. The molecule has 1 saturated carbocycles. The number of aliphatic hydroxyl groups excluding tert-OH is 1. The predicted molar refractivity (Wildman–Crippen MR) is 69.5 cm³/mol. The van der Waals surface area contributed by atoms with E-state index >= 15 is 0 Å². The molecular formula is C14H26N2O. The molecule has 17 heavy (non-hydrogen) atoms. The number of nitrogens with zero attached hydrogens (tertiary/aromatic N) is 1. The summed E-state index contributed by atoms with van der Waals surface area (Å²) in [5.41, 5.74) is 0.197. The lowest BCUT2D eigenvalue weighted by atomic mass is 9.85. The van der Waals surface area contributed by atoms with Gasteiger partial charge in [0.1, 0.15) is 0 Å². The van der Waals surface area contributed by atoms with Gasteiger partial charge >= 0.3 is 0 Å². The summed E-state index contributed by atoms with van der Waals surface area (Å²) < 4.78 is 0. The Morgan fingerprint density at radius 3 is 2.82 bits per heavy atom. The minimum atomic E-state index is -0.0813. The van der Waals surface area contributed by atoms with Crippen LogP contribution in [0.15, 0.2) is 0 Å². The number of hydrogen-bond acceptors (Lipinski definition) is 3. The Kier molecular flexibility index (Phi) is 5.94. The van der Waals surface area contributed by atoms with E-state index in [0.29, 0.717) is 12.3 Å². The van der Waals surface area contributed by atoms with E-state index in [1.54, 1.807) is 0 Å². The van der Waals surface area contributed by atoms with Crippen LogP contribution < -0.4 is 5.32 Å². The first-order chi connectivity index (χ1) is 8.03. The Hall–Kier alpha value is -0.590. The van der Waals surface area contributed by atoms with Gasteiger partial charge in [0.2, 0.25) is 0 Å². The van der Waals surface area contributed by atoms with Crippen molar-refractivity contribution in [2.24, 2.45) is 11.3 Å². The zero-order valence-electron chi connectivity index (χ0n) is 11.2. The molecule has 1 aliphatic carbocycles. The van der Waals surface area contributed by atoms with Crippen LogP contribution in [0.2, 0.25) is 0 Å². The summed E-state index contributed by atoms with van der Waals surface area (Å²) in [4.78, 5) is 0. The zero-order valence-corrected chi connectivity index (χ0v) is 11.2. The predicted octanol–water partition coefficient (Wildman–Crippen LogP) is 2.46. The van der Waals surface area contributed by atoms with Gasteiger partial charge < -0.3 is 10.4 Å². The Labute approximate surface area is 105 Å². The van der Waals surface area contributed by atoms with E-state index in [-0.39, 0.29) is 11.5 Å². The zero-order chi connectivity index (χ0) is 12.7. The Morgan fingerprint density at radius 2 is 2.18 bits per heavy atom. The van der Waals surface area contributed by atoms with Gasteiger partial charge in [0.15, 0.2) is 0 Å². The third-order valence-corrected chi connectivity index (χ3v) is 3.71. The molecule has 0 aromatic heterocycles. The molecule has 0 saturated heterocycles. The Balaban J connectivity index is 2.16. The van der Waals surface area contributed by atoms with Crippen molar-refractivity contribution in [3.05, 3.63) is 0 Å². The average molecular weight is 238 g/mol. The van der Waals surface area contributed by atoms with Gasteiger partial charge in [-0.3, -0.25) is 0 Å². The number of hydrogen-bond donors (Lipinski definition) is 2. The van der Waals surface area contributed by atoms with E-state index in [1.807, 2.05) is 0 Å². The topological polar surface area (TPSA) is 56.0 Å². The molecule has 0 bridgehead atoms. The Morgan fingerprint density at radius 1 is 1.41 bits per heavy atom. The molecule has 1 rings (SSSR count). The molecule has 2 N–H and O–H groups in total. The fourth-order valence-corrected chi connectivity index (χ4v) is 2.55. The largest absolute Gasteiger partial charge is 0.393 e. The third kappa shape index (κ3) is 6.05. The molecule has 1 aliphatic rings. The van der Waals surface area contributed by atoms with E-state index in [1.165, 1.54) is 6.42 Å². The highest BCUT2D eigenvalue weighted by Crippen LogP contribution is 2.24. The Bertz CT molecular complexity index is 257. The van der Waals surface area contributed by atoms with Crippen LogP contribution in [0.1, 0.15) is 52.4 Å². The lowest BCUT2D eigenvalue weighted by molar-refractivity contribution is 0.0996. The van der Waals surface area contributed by atoms with Crippen LogP contribution in [-0.2, 0) is 0 Å². The fraction of sp³-hybridized carbons (Fsp3) is 0.929. The maximum atomic E-state index is 9.59. The van der Waals surface area contributed by atoms with Gasteiger partial charge in [-0.2, -0.15) is 5.26 Å². The lowest BCUT2D eigenvalue weighted by Crippen LogP contribution is -2.35. The standard InChI is InChI=1S/C14H26N2O/c1-14(2,7-4-8-15)11-16-10-12-5-3-6-13(17)9-12/h12-13,16-17H,3-7,9-11H2,1-2H3. The summed E-state index contributed by atoms with van der Waals surface area (Å²) in [7, 11) is 0. The molecule has 1 fully saturated rings. The van der Waals surface area contributed by atoms with Gasteiger partial charge in [-0.25, -0.2) is 0 Å². The molecule has 3 nitrogen and oxygen atoms in total. The molecular weight excluding hydrogens is 212 g/mol. The second kappa shape index (κ2) is 6.98. The van der Waals surface area contributed by atoms with E-state index in [0.717, 1.165) is 38.8 Å². The van der Waals surface area contributed by atoms with E-state index in [2.05, 4.69) is 25.2 Å². The van der Waals surface area contributed by atoms with Gasteiger partial charge in [-0.1, -0.05) is 20.3 Å². The summed E-state index contributed by atoms with van der Waals surface area (Å²) in [6.45, 7) is 6.37. The van der Waals surface area contributed by atoms with Gasteiger partial charge in [-0.05, 0) is 43.6 Å².